The highest BCUT2D eigenvalue weighted by Crippen LogP contribution is 2.35. The molecule has 96 valence electrons. The summed E-state index contributed by atoms with van der Waals surface area (Å²) in [5.41, 5.74) is 3.24. The lowest BCUT2D eigenvalue weighted by molar-refractivity contribution is -0.141. The maximum Gasteiger partial charge on any atom is 0.435 e. The average molecular weight is 289 g/mol. The van der Waals surface area contributed by atoms with Crippen molar-refractivity contribution >= 4 is 32.4 Å². The molecule has 17 heavy (non-hydrogen) atoms. The Bertz CT molecular complexity index is 549. The van der Waals surface area contributed by atoms with Crippen LogP contribution in [-0.2, 0) is 16.2 Å². The summed E-state index contributed by atoms with van der Waals surface area (Å²) in [6.45, 7) is 0. The van der Waals surface area contributed by atoms with Gasteiger partial charge in [0.05, 0.1) is 6.26 Å². The van der Waals surface area contributed by atoms with Gasteiger partial charge >= 0.3 is 6.18 Å². The second kappa shape index (κ2) is 4.14. The van der Waals surface area contributed by atoms with Crippen LogP contribution >= 0.6 is 11.3 Å². The summed E-state index contributed by atoms with van der Waals surface area (Å²) >= 11 is 0.225. The highest BCUT2D eigenvalue weighted by molar-refractivity contribution is 7.92. The van der Waals surface area contributed by atoms with Crippen LogP contribution < -0.4 is 10.5 Å². The van der Waals surface area contributed by atoms with Gasteiger partial charge in [0.1, 0.15) is 4.88 Å². The number of nitrogens with one attached hydrogen (secondary N) is 1. The van der Waals surface area contributed by atoms with Gasteiger partial charge in [-0.15, -0.1) is 0 Å². The molecule has 0 aliphatic carbocycles. The number of rotatable bonds is 3. The minimum atomic E-state index is -4.88. The first-order chi connectivity index (χ1) is 7.50. The SMILES string of the molecule is CS(=O)(=O)Nc1nc(C(F)(F)F)c(C(N)=O)s1. The molecule has 0 fully saturated rings. The van der Waals surface area contributed by atoms with Gasteiger partial charge in [0.25, 0.3) is 5.91 Å². The Morgan fingerprint density at radius 2 is 2.00 bits per heavy atom. The third-order valence-electron chi connectivity index (χ3n) is 1.39. The fourth-order valence-corrected chi connectivity index (χ4v) is 2.55. The Labute approximate surface area is 97.7 Å². The minimum Gasteiger partial charge on any atom is -0.365 e. The highest BCUT2D eigenvalue weighted by atomic mass is 32.2. The van der Waals surface area contributed by atoms with Gasteiger partial charge in [0.2, 0.25) is 10.0 Å². The molecule has 0 bridgehead atoms. The van der Waals surface area contributed by atoms with E-state index >= 15 is 0 Å². The number of halogens is 3. The lowest BCUT2D eigenvalue weighted by Gasteiger charge is -2.02. The van der Waals surface area contributed by atoms with Gasteiger partial charge in [-0.05, 0) is 0 Å². The second-order valence-electron chi connectivity index (χ2n) is 2.93. The summed E-state index contributed by atoms with van der Waals surface area (Å²) in [4.78, 5) is 12.9. The number of aromatic nitrogens is 1. The molecule has 3 N–H and O–H groups in total. The van der Waals surface area contributed by atoms with E-state index in [9.17, 15) is 26.4 Å². The average Bonchev–Trinajstić information content (AvgIpc) is 2.43. The molecule has 0 aromatic carbocycles. The van der Waals surface area contributed by atoms with Crippen LogP contribution in [0.3, 0.4) is 0 Å². The largest absolute Gasteiger partial charge is 0.435 e. The number of nitrogens with zero attached hydrogens (tertiary/aromatic N) is 1. The number of carbonyl (C=O) groups excluding carboxylic acids is 1. The lowest BCUT2D eigenvalue weighted by Crippen LogP contribution is -2.17. The van der Waals surface area contributed by atoms with Crippen molar-refractivity contribution in [2.24, 2.45) is 5.73 Å². The van der Waals surface area contributed by atoms with Crippen LogP contribution in [0.25, 0.3) is 0 Å². The maximum atomic E-state index is 12.4. The summed E-state index contributed by atoms with van der Waals surface area (Å²) in [6, 6.07) is 0. The van der Waals surface area contributed by atoms with Gasteiger partial charge in [0, 0.05) is 0 Å². The summed E-state index contributed by atoms with van der Waals surface area (Å²) in [5, 5.41) is -0.561. The monoisotopic (exact) mass is 289 g/mol. The van der Waals surface area contributed by atoms with E-state index < -0.39 is 37.8 Å². The van der Waals surface area contributed by atoms with Crippen LogP contribution in [0, 0.1) is 0 Å². The van der Waals surface area contributed by atoms with Crippen LogP contribution in [0.2, 0.25) is 0 Å². The molecule has 0 spiro atoms. The molecule has 6 nitrogen and oxygen atoms in total. The standard InChI is InChI=1S/C6H6F3N3O3S2/c1-17(14,15)12-5-11-3(6(7,8)9)2(16-5)4(10)13/h1H3,(H2,10,13)(H,11,12). The smallest absolute Gasteiger partial charge is 0.365 e. The van der Waals surface area contributed by atoms with Crippen molar-refractivity contribution in [2.45, 2.75) is 6.18 Å². The molecule has 0 aliphatic rings. The quantitative estimate of drug-likeness (QED) is 0.852. The normalized spacial score (nSPS) is 12.5. The van der Waals surface area contributed by atoms with Crippen LogP contribution in [0.1, 0.15) is 15.4 Å². The number of alkyl halides is 3. The van der Waals surface area contributed by atoms with E-state index in [0.717, 1.165) is 6.26 Å². The van der Waals surface area contributed by atoms with Gasteiger partial charge in [-0.1, -0.05) is 11.3 Å². The summed E-state index contributed by atoms with van der Waals surface area (Å²) in [6.07, 6.45) is -4.14. The molecular weight excluding hydrogens is 283 g/mol. The summed E-state index contributed by atoms with van der Waals surface area (Å²) in [5.74, 6) is -1.32. The minimum absolute atomic E-state index is 0.225. The van der Waals surface area contributed by atoms with Crippen LogP contribution in [0.5, 0.6) is 0 Å². The Morgan fingerprint density at radius 3 is 2.29 bits per heavy atom. The van der Waals surface area contributed by atoms with Gasteiger partial charge in [-0.2, -0.15) is 13.2 Å². The number of carbonyl (C=O) groups is 1. The van der Waals surface area contributed by atoms with Crippen molar-refractivity contribution in [2.75, 3.05) is 11.0 Å². The Balaban J connectivity index is 3.27. The number of anilines is 1. The van der Waals surface area contributed by atoms with Crippen molar-refractivity contribution in [3.63, 3.8) is 0 Å². The van der Waals surface area contributed by atoms with Crippen molar-refractivity contribution in [1.29, 1.82) is 0 Å². The van der Waals surface area contributed by atoms with E-state index in [2.05, 4.69) is 4.98 Å². The Kier molecular flexibility index (Phi) is 3.34. The molecule has 0 unspecified atom stereocenters. The summed E-state index contributed by atoms with van der Waals surface area (Å²) < 4.78 is 60.6. The fraction of sp³-hybridized carbons (Fsp3) is 0.333. The van der Waals surface area contributed by atoms with Crippen LogP contribution in [0.4, 0.5) is 18.3 Å². The number of hydrogen-bond acceptors (Lipinski definition) is 5. The Hall–Kier alpha value is -1.36. The van der Waals surface area contributed by atoms with Gasteiger partial charge < -0.3 is 5.73 Å². The zero-order valence-corrected chi connectivity index (χ0v) is 9.83. The molecule has 1 aromatic heterocycles. The number of primary amides is 1. The van der Waals surface area contributed by atoms with Crippen molar-refractivity contribution in [3.05, 3.63) is 10.6 Å². The van der Waals surface area contributed by atoms with Crippen LogP contribution in [-0.4, -0.2) is 25.6 Å². The zero-order chi connectivity index (χ0) is 13.4. The molecule has 0 saturated heterocycles. The molecule has 1 aromatic rings. The molecule has 0 aliphatic heterocycles. The van der Waals surface area contributed by atoms with E-state index in [0.29, 0.717) is 0 Å². The van der Waals surface area contributed by atoms with Crippen molar-refractivity contribution in [3.8, 4) is 0 Å². The van der Waals surface area contributed by atoms with E-state index in [1.807, 2.05) is 0 Å². The number of sulfonamides is 1. The second-order valence-corrected chi connectivity index (χ2v) is 5.68. The molecule has 0 radical (unpaired) electrons. The summed E-state index contributed by atoms with van der Waals surface area (Å²) in [7, 11) is -3.77. The van der Waals surface area contributed by atoms with Crippen LogP contribution in [0.15, 0.2) is 0 Å². The lowest BCUT2D eigenvalue weighted by atomic mass is 10.3. The molecule has 1 heterocycles. The van der Waals surface area contributed by atoms with Crippen molar-refractivity contribution < 1.29 is 26.4 Å². The topological polar surface area (TPSA) is 102 Å². The van der Waals surface area contributed by atoms with E-state index in [1.54, 1.807) is 4.72 Å². The third-order valence-corrected chi connectivity index (χ3v) is 3.07. The number of hydrogen-bond donors (Lipinski definition) is 2. The third kappa shape index (κ3) is 3.56. The first-order valence-corrected chi connectivity index (χ1v) is 6.57. The molecule has 0 atom stereocenters. The molecule has 1 amide bonds. The number of thiazole rings is 1. The molecule has 0 saturated carbocycles. The van der Waals surface area contributed by atoms with E-state index in [-0.39, 0.29) is 11.3 Å². The van der Waals surface area contributed by atoms with E-state index in [1.165, 1.54) is 0 Å². The number of nitrogens with two attached hydrogens (primary N) is 1. The number of amides is 1. The molecule has 1 rings (SSSR count). The predicted molar refractivity (Wildman–Crippen MR) is 54.1 cm³/mol. The fourth-order valence-electron chi connectivity index (χ4n) is 0.882. The molecular formula is C6H6F3N3O3S2. The van der Waals surface area contributed by atoms with Gasteiger partial charge in [-0.3, -0.25) is 9.52 Å². The maximum absolute atomic E-state index is 12.4. The Morgan fingerprint density at radius 1 is 1.47 bits per heavy atom. The predicted octanol–water partition coefficient (Wildman–Crippen LogP) is 0.632. The van der Waals surface area contributed by atoms with Gasteiger partial charge in [0.15, 0.2) is 10.8 Å². The highest BCUT2D eigenvalue weighted by Gasteiger charge is 2.39. The first-order valence-electron chi connectivity index (χ1n) is 3.86. The first kappa shape index (κ1) is 13.7. The zero-order valence-electron chi connectivity index (χ0n) is 8.20. The van der Waals surface area contributed by atoms with Crippen molar-refractivity contribution in [1.82, 2.24) is 4.98 Å². The van der Waals surface area contributed by atoms with Gasteiger partial charge in [-0.25, -0.2) is 13.4 Å². The molecule has 11 heteroatoms. The van der Waals surface area contributed by atoms with E-state index in [4.69, 9.17) is 5.73 Å².